The molecule has 2 fully saturated rings. The predicted octanol–water partition coefficient (Wildman–Crippen LogP) is 5.66. The first-order chi connectivity index (χ1) is 20.1. The molecule has 42 heavy (non-hydrogen) atoms. The van der Waals surface area contributed by atoms with Gasteiger partial charge in [-0.05, 0) is 50.1 Å². The molecule has 0 radical (unpaired) electrons. The zero-order valence-electron chi connectivity index (χ0n) is 23.6. The highest BCUT2D eigenvalue weighted by Gasteiger charge is 2.38. The van der Waals surface area contributed by atoms with Gasteiger partial charge in [0.25, 0.3) is 5.91 Å². The molecule has 13 heteroatoms. The Kier molecular flexibility index (Phi) is 8.11. The van der Waals surface area contributed by atoms with Crippen LogP contribution < -0.4 is 15.5 Å². The molecule has 3 aliphatic heterocycles. The molecule has 5 heterocycles. The minimum Gasteiger partial charge on any atom is -0.377 e. The molecule has 0 saturated carbocycles. The zero-order chi connectivity index (χ0) is 29.6. The monoisotopic (exact) mass is 618 g/mol. The van der Waals surface area contributed by atoms with E-state index >= 15 is 0 Å². The van der Waals surface area contributed by atoms with Crippen molar-refractivity contribution in [3.63, 3.8) is 0 Å². The lowest BCUT2D eigenvalue weighted by atomic mass is 10.1. The molecule has 2 saturated heterocycles. The zero-order valence-corrected chi connectivity index (χ0v) is 25.3. The van der Waals surface area contributed by atoms with Crippen LogP contribution in [0, 0.1) is 0 Å². The average molecular weight is 619 g/mol. The van der Waals surface area contributed by atoms with Crippen molar-refractivity contribution in [1.82, 2.24) is 20.2 Å². The molecule has 3 aromatic rings. The fourth-order valence-corrected chi connectivity index (χ4v) is 7.99. The first kappa shape index (κ1) is 29.2. The molecular formula is C29H33F3N6O2S2. The molecule has 1 amide bonds. The summed E-state index contributed by atoms with van der Waals surface area (Å²) in [5.41, 5.74) is 1.70. The van der Waals surface area contributed by atoms with Crippen LogP contribution >= 0.6 is 23.1 Å². The highest BCUT2D eigenvalue weighted by molar-refractivity contribution is 7.99. The number of thiophene rings is 1. The summed E-state index contributed by atoms with van der Waals surface area (Å²) in [6, 6.07) is 8.48. The highest BCUT2D eigenvalue weighted by atomic mass is 32.2. The van der Waals surface area contributed by atoms with Crippen LogP contribution in [-0.4, -0.2) is 77.5 Å². The minimum absolute atomic E-state index is 0.00715. The summed E-state index contributed by atoms with van der Waals surface area (Å²) in [5, 5.41) is 6.71. The van der Waals surface area contributed by atoms with Gasteiger partial charge in [0.15, 0.2) is 0 Å². The molecule has 1 aromatic carbocycles. The third-order valence-electron chi connectivity index (χ3n) is 7.77. The number of benzene rings is 1. The SMILES string of the molecule is CCc1cc(N2C[C@H](C)N[C@@H](C)C2)ccc1Nc1ncc(C(F)(F)F)c(-c2cc3c(s2)C(=O)N(C2COC2)CCS3)n1. The number of amides is 1. The predicted molar refractivity (Wildman–Crippen MR) is 160 cm³/mol. The number of thioether (sulfide) groups is 1. The molecule has 2 aromatic heterocycles. The van der Waals surface area contributed by atoms with Crippen molar-refractivity contribution >= 4 is 46.3 Å². The van der Waals surface area contributed by atoms with Crippen LogP contribution in [0.1, 0.15) is 41.6 Å². The summed E-state index contributed by atoms with van der Waals surface area (Å²) in [7, 11) is 0. The number of rotatable bonds is 6. The van der Waals surface area contributed by atoms with E-state index in [1.807, 2.05) is 19.1 Å². The number of fused-ring (bicyclic) bond motifs is 1. The Morgan fingerprint density at radius 3 is 2.60 bits per heavy atom. The molecular weight excluding hydrogens is 585 g/mol. The van der Waals surface area contributed by atoms with Gasteiger partial charge in [-0.3, -0.25) is 4.79 Å². The fourth-order valence-electron chi connectivity index (χ4n) is 5.67. The van der Waals surface area contributed by atoms with E-state index in [9.17, 15) is 18.0 Å². The number of nitrogens with one attached hydrogen (secondary N) is 2. The van der Waals surface area contributed by atoms with E-state index in [4.69, 9.17) is 4.74 Å². The largest absolute Gasteiger partial charge is 0.420 e. The van der Waals surface area contributed by atoms with Crippen LogP contribution in [-0.2, 0) is 17.3 Å². The van der Waals surface area contributed by atoms with Gasteiger partial charge in [-0.25, -0.2) is 9.97 Å². The van der Waals surface area contributed by atoms with Crippen molar-refractivity contribution in [1.29, 1.82) is 0 Å². The van der Waals surface area contributed by atoms with Crippen LogP contribution in [0.2, 0.25) is 0 Å². The summed E-state index contributed by atoms with van der Waals surface area (Å²) < 4.78 is 47.7. The standard InChI is InChI=1S/C29H33F3N6O2S2/c1-4-18-9-19(37-12-16(2)34-17(3)13-37)5-6-22(18)35-28-33-11-21(29(30,31)32)25(36-28)23-10-24-26(42-23)27(39)38(7-8-41-24)20-14-40-15-20/h5-6,9-11,16-17,20,34H,4,7-8,12-15H2,1-3H3,(H,33,35,36)/t16-,17-/m0/s1. The summed E-state index contributed by atoms with van der Waals surface area (Å²) >= 11 is 2.54. The second-order valence-corrected chi connectivity index (χ2v) is 13.2. The average Bonchev–Trinajstić information content (AvgIpc) is 3.28. The van der Waals surface area contributed by atoms with Crippen LogP contribution in [0.5, 0.6) is 0 Å². The molecule has 3 aliphatic rings. The number of halogens is 3. The minimum atomic E-state index is -4.66. The normalized spacial score (nSPS) is 21.6. The van der Waals surface area contributed by atoms with E-state index in [0.29, 0.717) is 52.2 Å². The Morgan fingerprint density at radius 1 is 1.17 bits per heavy atom. The van der Waals surface area contributed by atoms with Crippen molar-refractivity contribution in [2.24, 2.45) is 0 Å². The first-order valence-corrected chi connectivity index (χ1v) is 15.9. The molecule has 224 valence electrons. The fraction of sp³-hybridized carbons (Fsp3) is 0.483. The molecule has 0 bridgehead atoms. The molecule has 0 unspecified atom stereocenters. The van der Waals surface area contributed by atoms with Crippen molar-refractivity contribution in [2.45, 2.75) is 56.4 Å². The maximum absolute atomic E-state index is 14.1. The van der Waals surface area contributed by atoms with Crippen LogP contribution in [0.3, 0.4) is 0 Å². The third kappa shape index (κ3) is 5.84. The first-order valence-electron chi connectivity index (χ1n) is 14.1. The molecule has 8 nitrogen and oxygen atoms in total. The number of aryl methyl sites for hydroxylation is 1. The van der Waals surface area contributed by atoms with Gasteiger partial charge in [0.1, 0.15) is 10.4 Å². The van der Waals surface area contributed by atoms with Gasteiger partial charge in [-0.15, -0.1) is 23.1 Å². The maximum Gasteiger partial charge on any atom is 0.420 e. The Hall–Kier alpha value is -2.87. The number of carbonyl (C=O) groups excluding carboxylic acids is 1. The van der Waals surface area contributed by atoms with E-state index < -0.39 is 11.7 Å². The van der Waals surface area contributed by atoms with Crippen LogP contribution in [0.4, 0.5) is 30.5 Å². The molecule has 2 atom stereocenters. The van der Waals surface area contributed by atoms with E-state index in [0.717, 1.165) is 54.0 Å². The number of ether oxygens (including phenoxy) is 1. The molecule has 2 N–H and O–H groups in total. The van der Waals surface area contributed by atoms with Gasteiger partial charge >= 0.3 is 6.18 Å². The van der Waals surface area contributed by atoms with Gasteiger partial charge in [-0.1, -0.05) is 6.92 Å². The van der Waals surface area contributed by atoms with Gasteiger partial charge in [0, 0.05) is 59.9 Å². The second kappa shape index (κ2) is 11.7. The van der Waals surface area contributed by atoms with Gasteiger partial charge < -0.3 is 25.2 Å². The van der Waals surface area contributed by atoms with Crippen LogP contribution in [0.25, 0.3) is 10.6 Å². The Bertz CT molecular complexity index is 1470. The maximum atomic E-state index is 14.1. The topological polar surface area (TPSA) is 82.6 Å². The lowest BCUT2D eigenvalue weighted by Gasteiger charge is -2.38. The summed E-state index contributed by atoms with van der Waals surface area (Å²) in [6.07, 6.45) is -3.11. The smallest absolute Gasteiger partial charge is 0.377 e. The molecule has 0 aliphatic carbocycles. The van der Waals surface area contributed by atoms with Crippen LogP contribution in [0.15, 0.2) is 35.4 Å². The third-order valence-corrected chi connectivity index (χ3v) is 10.0. The number of carbonyl (C=O) groups is 1. The summed E-state index contributed by atoms with van der Waals surface area (Å²) in [4.78, 5) is 27.3. The summed E-state index contributed by atoms with van der Waals surface area (Å²) in [6.45, 7) is 9.70. The van der Waals surface area contributed by atoms with E-state index in [-0.39, 0.29) is 23.6 Å². The van der Waals surface area contributed by atoms with E-state index in [2.05, 4.69) is 45.4 Å². The van der Waals surface area contributed by atoms with Gasteiger partial charge in [0.2, 0.25) is 5.95 Å². The van der Waals surface area contributed by atoms with Crippen molar-refractivity contribution in [2.75, 3.05) is 48.8 Å². The van der Waals surface area contributed by atoms with E-state index in [1.165, 1.54) is 11.8 Å². The van der Waals surface area contributed by atoms with Crippen molar-refractivity contribution < 1.29 is 22.7 Å². The number of alkyl halides is 3. The van der Waals surface area contributed by atoms with Crippen molar-refractivity contribution in [3.05, 3.63) is 46.5 Å². The van der Waals surface area contributed by atoms with Gasteiger partial charge in [0.05, 0.1) is 29.8 Å². The molecule has 6 rings (SSSR count). The van der Waals surface area contributed by atoms with Gasteiger partial charge in [-0.2, -0.15) is 13.2 Å². The lowest BCUT2D eigenvalue weighted by Crippen LogP contribution is -2.54. The Morgan fingerprint density at radius 2 is 1.93 bits per heavy atom. The Balaban J connectivity index is 1.31. The quantitative estimate of drug-likeness (QED) is 0.366. The molecule has 0 spiro atoms. The summed E-state index contributed by atoms with van der Waals surface area (Å²) in [5.74, 6) is 0.567. The number of nitrogens with zero attached hydrogens (tertiary/aromatic N) is 4. The number of anilines is 3. The lowest BCUT2D eigenvalue weighted by molar-refractivity contribution is -0.137. The van der Waals surface area contributed by atoms with E-state index in [1.54, 1.807) is 11.0 Å². The van der Waals surface area contributed by atoms with Crippen molar-refractivity contribution in [3.8, 4) is 10.6 Å². The number of hydrogen-bond acceptors (Lipinski definition) is 9. The highest BCUT2D eigenvalue weighted by Crippen LogP contribution is 2.43. The number of hydrogen-bond donors (Lipinski definition) is 2. The number of aromatic nitrogens is 2. The second-order valence-electron chi connectivity index (χ2n) is 11.0. The number of piperazine rings is 1. The Labute approximate surface area is 251 Å².